The van der Waals surface area contributed by atoms with Gasteiger partial charge in [0.1, 0.15) is 13.2 Å². The van der Waals surface area contributed by atoms with Gasteiger partial charge in [0.05, 0.1) is 6.04 Å². The highest BCUT2D eigenvalue weighted by Crippen LogP contribution is 2.55. The predicted octanol–water partition coefficient (Wildman–Crippen LogP) is 3.68. The molecule has 1 unspecified atom stereocenters. The van der Waals surface area contributed by atoms with Crippen LogP contribution in [0.3, 0.4) is 0 Å². The smallest absolute Gasteiger partial charge is 0.315 e. The fraction of sp³-hybridized carbons (Fsp3) is 0.692. The Hall–Kier alpha value is -2.44. The standard InChI is InChI=1S/C26H35N3O4/c30-23(28-24(19-1-2-19)20-3-4-21-22(12-20)33-8-7-32-21)5-6-27-25(31)29-26-13-16-9-17(14-26)11-18(10-16)15-26/h3-4,12,16-19,24H,1-2,5-11,13-15H2,(H,28,30)(H2,27,29,31). The van der Waals surface area contributed by atoms with E-state index in [-0.39, 0.29) is 29.9 Å². The van der Waals surface area contributed by atoms with Gasteiger partial charge in [-0.1, -0.05) is 6.07 Å². The van der Waals surface area contributed by atoms with E-state index in [2.05, 4.69) is 16.0 Å². The molecule has 0 aromatic heterocycles. The van der Waals surface area contributed by atoms with Gasteiger partial charge in [-0.25, -0.2) is 4.79 Å². The van der Waals surface area contributed by atoms with E-state index >= 15 is 0 Å². The molecular weight excluding hydrogens is 418 g/mol. The summed E-state index contributed by atoms with van der Waals surface area (Å²) in [7, 11) is 0. The van der Waals surface area contributed by atoms with Crippen LogP contribution in [0.5, 0.6) is 11.5 Å². The van der Waals surface area contributed by atoms with E-state index in [1.165, 1.54) is 19.3 Å². The summed E-state index contributed by atoms with van der Waals surface area (Å²) in [6, 6.07) is 5.81. The summed E-state index contributed by atoms with van der Waals surface area (Å²) in [6.07, 6.45) is 9.97. The van der Waals surface area contributed by atoms with Crippen LogP contribution in [-0.2, 0) is 4.79 Å². The van der Waals surface area contributed by atoms with E-state index in [1.54, 1.807) is 0 Å². The highest BCUT2D eigenvalue weighted by atomic mass is 16.6. The minimum Gasteiger partial charge on any atom is -0.486 e. The maximum atomic E-state index is 12.7. The van der Waals surface area contributed by atoms with Crippen molar-refractivity contribution in [3.8, 4) is 11.5 Å². The van der Waals surface area contributed by atoms with Crippen LogP contribution in [0.4, 0.5) is 4.79 Å². The van der Waals surface area contributed by atoms with Crippen molar-refractivity contribution in [2.24, 2.45) is 23.7 Å². The largest absolute Gasteiger partial charge is 0.486 e. The van der Waals surface area contributed by atoms with Crippen LogP contribution in [0, 0.1) is 23.7 Å². The first kappa shape index (κ1) is 21.1. The number of fused-ring (bicyclic) bond motifs is 1. The number of urea groups is 1. The molecule has 1 aromatic carbocycles. The van der Waals surface area contributed by atoms with Crippen molar-refractivity contribution >= 4 is 11.9 Å². The Morgan fingerprint density at radius 3 is 2.30 bits per heavy atom. The summed E-state index contributed by atoms with van der Waals surface area (Å²) < 4.78 is 11.3. The van der Waals surface area contributed by atoms with Gasteiger partial charge in [-0.3, -0.25) is 4.79 Å². The van der Waals surface area contributed by atoms with Gasteiger partial charge in [0.2, 0.25) is 5.91 Å². The summed E-state index contributed by atoms with van der Waals surface area (Å²) in [5.41, 5.74) is 1.05. The summed E-state index contributed by atoms with van der Waals surface area (Å²) in [6.45, 7) is 1.47. The van der Waals surface area contributed by atoms with Crippen LogP contribution in [0.1, 0.15) is 69.4 Å². The molecule has 1 atom stereocenters. The van der Waals surface area contributed by atoms with Crippen molar-refractivity contribution in [3.63, 3.8) is 0 Å². The molecule has 7 heteroatoms. The third-order valence-electron chi connectivity index (χ3n) is 8.39. The number of rotatable bonds is 7. The Balaban J connectivity index is 0.997. The molecule has 0 radical (unpaired) electrons. The van der Waals surface area contributed by atoms with Crippen LogP contribution >= 0.6 is 0 Å². The molecule has 1 aliphatic heterocycles. The first-order valence-electron chi connectivity index (χ1n) is 12.8. The van der Waals surface area contributed by atoms with Crippen molar-refractivity contribution in [2.45, 2.75) is 69.4 Å². The molecule has 178 valence electrons. The third-order valence-corrected chi connectivity index (χ3v) is 8.39. The lowest BCUT2D eigenvalue weighted by Crippen LogP contribution is -2.61. The van der Waals surface area contributed by atoms with Gasteiger partial charge < -0.3 is 25.4 Å². The second kappa shape index (κ2) is 8.41. The lowest BCUT2D eigenvalue weighted by atomic mass is 9.53. The normalized spacial score (nSPS) is 32.2. The van der Waals surface area contributed by atoms with Crippen molar-refractivity contribution in [1.29, 1.82) is 0 Å². The van der Waals surface area contributed by atoms with Crippen LogP contribution in [0.2, 0.25) is 0 Å². The number of benzene rings is 1. The number of amides is 3. The van der Waals surface area contributed by atoms with Crippen LogP contribution < -0.4 is 25.4 Å². The Kier molecular flexibility index (Phi) is 5.38. The quantitative estimate of drug-likeness (QED) is 0.588. The van der Waals surface area contributed by atoms with E-state index in [1.807, 2.05) is 18.2 Å². The molecule has 3 N–H and O–H groups in total. The molecule has 7 nitrogen and oxygen atoms in total. The van der Waals surface area contributed by atoms with E-state index in [4.69, 9.17) is 9.47 Å². The van der Waals surface area contributed by atoms with Gasteiger partial charge in [-0.05, 0) is 92.7 Å². The Morgan fingerprint density at radius 2 is 1.64 bits per heavy atom. The van der Waals surface area contributed by atoms with E-state index < -0.39 is 0 Å². The van der Waals surface area contributed by atoms with Gasteiger partial charge in [-0.2, -0.15) is 0 Å². The van der Waals surface area contributed by atoms with Crippen molar-refractivity contribution in [1.82, 2.24) is 16.0 Å². The second-order valence-corrected chi connectivity index (χ2v) is 11.1. The fourth-order valence-electron chi connectivity index (χ4n) is 7.24. The molecular formula is C26H35N3O4. The van der Waals surface area contributed by atoms with Crippen molar-refractivity contribution in [2.75, 3.05) is 19.8 Å². The monoisotopic (exact) mass is 453 g/mol. The minimum atomic E-state index is -0.115. The third kappa shape index (κ3) is 4.51. The molecule has 7 rings (SSSR count). The lowest BCUT2D eigenvalue weighted by Gasteiger charge is -2.56. The first-order valence-corrected chi connectivity index (χ1v) is 12.8. The van der Waals surface area contributed by atoms with E-state index in [0.29, 0.717) is 25.7 Å². The molecule has 0 spiro atoms. The average Bonchev–Trinajstić information content (AvgIpc) is 3.61. The topological polar surface area (TPSA) is 88.7 Å². The first-order chi connectivity index (χ1) is 16.1. The molecule has 4 bridgehead atoms. The zero-order valence-corrected chi connectivity index (χ0v) is 19.2. The van der Waals surface area contributed by atoms with Crippen LogP contribution in [0.15, 0.2) is 18.2 Å². The highest BCUT2D eigenvalue weighted by Gasteiger charge is 2.51. The number of nitrogens with one attached hydrogen (secondary N) is 3. The van der Waals surface area contributed by atoms with Crippen LogP contribution in [-0.4, -0.2) is 37.2 Å². The molecule has 6 aliphatic rings. The summed E-state index contributed by atoms with van der Waals surface area (Å²) in [5, 5.41) is 9.45. The minimum absolute atomic E-state index is 0.00358. The number of hydrogen-bond donors (Lipinski definition) is 3. The average molecular weight is 454 g/mol. The SMILES string of the molecule is O=C(CCNC(=O)NC12CC3CC(CC(C3)C1)C2)NC(c1ccc2c(c1)OCCO2)C1CC1. The molecule has 5 aliphatic carbocycles. The molecule has 5 fully saturated rings. The van der Waals surface area contributed by atoms with Gasteiger partial charge in [0.15, 0.2) is 11.5 Å². The van der Waals surface area contributed by atoms with E-state index in [9.17, 15) is 9.59 Å². The summed E-state index contributed by atoms with van der Waals surface area (Å²) in [4.78, 5) is 25.3. The second-order valence-electron chi connectivity index (χ2n) is 11.1. The number of ether oxygens (including phenoxy) is 2. The van der Waals surface area contributed by atoms with Crippen molar-refractivity contribution in [3.05, 3.63) is 23.8 Å². The fourth-order valence-corrected chi connectivity index (χ4v) is 7.24. The van der Waals surface area contributed by atoms with Gasteiger partial charge in [-0.15, -0.1) is 0 Å². The molecule has 33 heavy (non-hydrogen) atoms. The molecule has 1 heterocycles. The van der Waals surface area contributed by atoms with Crippen LogP contribution in [0.25, 0.3) is 0 Å². The Bertz CT molecular complexity index is 893. The Morgan fingerprint density at radius 1 is 0.970 bits per heavy atom. The maximum Gasteiger partial charge on any atom is 0.315 e. The number of carbonyl (C=O) groups is 2. The van der Waals surface area contributed by atoms with Gasteiger partial charge in [0.25, 0.3) is 0 Å². The number of carbonyl (C=O) groups excluding carboxylic acids is 2. The predicted molar refractivity (Wildman–Crippen MR) is 123 cm³/mol. The summed E-state index contributed by atoms with van der Waals surface area (Å²) >= 11 is 0. The molecule has 0 saturated heterocycles. The zero-order chi connectivity index (χ0) is 22.4. The molecule has 1 aromatic rings. The van der Waals surface area contributed by atoms with Crippen molar-refractivity contribution < 1.29 is 19.1 Å². The van der Waals surface area contributed by atoms with E-state index in [0.717, 1.165) is 66.9 Å². The van der Waals surface area contributed by atoms with Gasteiger partial charge in [0, 0.05) is 18.5 Å². The number of hydrogen-bond acceptors (Lipinski definition) is 4. The lowest BCUT2D eigenvalue weighted by molar-refractivity contribution is -0.121. The molecule has 5 saturated carbocycles. The van der Waals surface area contributed by atoms with Gasteiger partial charge >= 0.3 is 6.03 Å². The Labute approximate surface area is 195 Å². The maximum absolute atomic E-state index is 12.7. The summed E-state index contributed by atoms with van der Waals surface area (Å²) in [5.74, 6) is 4.33. The zero-order valence-electron chi connectivity index (χ0n) is 19.2. The highest BCUT2D eigenvalue weighted by molar-refractivity contribution is 5.79. The molecule has 3 amide bonds.